The predicted molar refractivity (Wildman–Crippen MR) is 67.1 cm³/mol. The third-order valence-electron chi connectivity index (χ3n) is 2.47. The lowest BCUT2D eigenvalue weighted by atomic mass is 10.0. The van der Waals surface area contributed by atoms with E-state index in [0.717, 1.165) is 5.56 Å². The summed E-state index contributed by atoms with van der Waals surface area (Å²) in [5.74, 6) is -0.437. The average Bonchev–Trinajstić information content (AvgIpc) is 2.28. The molecule has 0 aliphatic rings. The molecule has 17 heavy (non-hydrogen) atoms. The van der Waals surface area contributed by atoms with Crippen molar-refractivity contribution in [2.45, 2.75) is 13.0 Å². The Bertz CT molecular complexity index is 545. The standard InChI is InChI=1S/C13H11BrFNO/c1-8-4-9(7-16-6-8)13(17)11-3-2-10(14)5-12(11)15/h2-7,13,17H,1H3. The summed E-state index contributed by atoms with van der Waals surface area (Å²) in [6, 6.07) is 6.39. The van der Waals surface area contributed by atoms with Crippen LogP contribution in [0, 0.1) is 12.7 Å². The van der Waals surface area contributed by atoms with Crippen LogP contribution in [0.1, 0.15) is 22.8 Å². The van der Waals surface area contributed by atoms with Crippen LogP contribution in [0.15, 0.2) is 41.1 Å². The van der Waals surface area contributed by atoms with E-state index in [9.17, 15) is 9.50 Å². The molecule has 2 aromatic rings. The summed E-state index contributed by atoms with van der Waals surface area (Å²) in [4.78, 5) is 3.99. The van der Waals surface area contributed by atoms with Crippen molar-refractivity contribution in [3.05, 3.63) is 63.6 Å². The number of pyridine rings is 1. The van der Waals surface area contributed by atoms with Gasteiger partial charge in [0.05, 0.1) is 0 Å². The van der Waals surface area contributed by atoms with Crippen LogP contribution in [0.25, 0.3) is 0 Å². The molecule has 1 heterocycles. The van der Waals surface area contributed by atoms with Crippen molar-refractivity contribution < 1.29 is 9.50 Å². The normalized spacial score (nSPS) is 12.5. The van der Waals surface area contributed by atoms with E-state index in [1.165, 1.54) is 6.07 Å². The highest BCUT2D eigenvalue weighted by Crippen LogP contribution is 2.26. The van der Waals surface area contributed by atoms with Gasteiger partial charge in [0.15, 0.2) is 0 Å². The zero-order valence-electron chi connectivity index (χ0n) is 9.19. The molecular formula is C13H11BrFNO. The fourth-order valence-electron chi connectivity index (χ4n) is 1.63. The van der Waals surface area contributed by atoms with E-state index in [2.05, 4.69) is 20.9 Å². The molecule has 0 bridgehead atoms. The Labute approximate surface area is 107 Å². The summed E-state index contributed by atoms with van der Waals surface area (Å²) in [5, 5.41) is 10.1. The maximum Gasteiger partial charge on any atom is 0.130 e. The van der Waals surface area contributed by atoms with E-state index in [1.54, 1.807) is 30.6 Å². The van der Waals surface area contributed by atoms with Crippen LogP contribution in [0.2, 0.25) is 0 Å². The van der Waals surface area contributed by atoms with Crippen LogP contribution in [-0.4, -0.2) is 10.1 Å². The number of benzene rings is 1. The van der Waals surface area contributed by atoms with E-state index in [-0.39, 0.29) is 5.56 Å². The van der Waals surface area contributed by atoms with Crippen LogP contribution < -0.4 is 0 Å². The SMILES string of the molecule is Cc1cncc(C(O)c2ccc(Br)cc2F)c1. The first kappa shape index (κ1) is 12.2. The largest absolute Gasteiger partial charge is 0.383 e. The third kappa shape index (κ3) is 2.70. The van der Waals surface area contributed by atoms with Gasteiger partial charge in [-0.25, -0.2) is 4.39 Å². The molecule has 4 heteroatoms. The molecule has 2 rings (SSSR count). The van der Waals surface area contributed by atoms with Gasteiger partial charge in [0, 0.05) is 28.0 Å². The van der Waals surface area contributed by atoms with Gasteiger partial charge in [0.25, 0.3) is 0 Å². The predicted octanol–water partition coefficient (Wildman–Crippen LogP) is 3.37. The van der Waals surface area contributed by atoms with Gasteiger partial charge in [-0.1, -0.05) is 28.1 Å². The van der Waals surface area contributed by atoms with Gasteiger partial charge in [-0.15, -0.1) is 0 Å². The molecule has 1 aromatic carbocycles. The summed E-state index contributed by atoms with van der Waals surface area (Å²) < 4.78 is 14.3. The molecule has 0 aliphatic heterocycles. The van der Waals surface area contributed by atoms with Crippen LogP contribution in [0.3, 0.4) is 0 Å². The third-order valence-corrected chi connectivity index (χ3v) is 2.96. The van der Waals surface area contributed by atoms with Gasteiger partial charge in [0.2, 0.25) is 0 Å². The Kier molecular flexibility index (Phi) is 3.54. The van der Waals surface area contributed by atoms with Gasteiger partial charge in [0.1, 0.15) is 11.9 Å². The van der Waals surface area contributed by atoms with Crippen molar-refractivity contribution in [2.75, 3.05) is 0 Å². The molecule has 88 valence electrons. The highest BCUT2D eigenvalue weighted by atomic mass is 79.9. The Balaban J connectivity index is 2.40. The van der Waals surface area contributed by atoms with Crippen molar-refractivity contribution in [3.8, 4) is 0 Å². The lowest BCUT2D eigenvalue weighted by Crippen LogP contribution is -2.03. The number of aromatic nitrogens is 1. The Hall–Kier alpha value is -1.26. The summed E-state index contributed by atoms with van der Waals surface area (Å²) in [6.45, 7) is 1.88. The lowest BCUT2D eigenvalue weighted by molar-refractivity contribution is 0.214. The number of hydrogen-bond acceptors (Lipinski definition) is 2. The van der Waals surface area contributed by atoms with Crippen LogP contribution >= 0.6 is 15.9 Å². The topological polar surface area (TPSA) is 33.1 Å². The maximum absolute atomic E-state index is 13.7. The highest BCUT2D eigenvalue weighted by molar-refractivity contribution is 9.10. The van der Waals surface area contributed by atoms with Gasteiger partial charge in [-0.2, -0.15) is 0 Å². The number of aliphatic hydroxyl groups is 1. The van der Waals surface area contributed by atoms with E-state index >= 15 is 0 Å². The molecule has 0 aliphatic carbocycles. The molecule has 0 saturated heterocycles. The number of aliphatic hydroxyl groups excluding tert-OH is 1. The maximum atomic E-state index is 13.7. The van der Waals surface area contributed by atoms with Crippen molar-refractivity contribution in [2.24, 2.45) is 0 Å². The molecule has 1 aromatic heterocycles. The van der Waals surface area contributed by atoms with Crippen molar-refractivity contribution >= 4 is 15.9 Å². The average molecular weight is 296 g/mol. The molecule has 0 spiro atoms. The van der Waals surface area contributed by atoms with Crippen molar-refractivity contribution in [1.29, 1.82) is 0 Å². The molecule has 0 radical (unpaired) electrons. The summed E-state index contributed by atoms with van der Waals surface area (Å²) in [7, 11) is 0. The van der Waals surface area contributed by atoms with Gasteiger partial charge in [-0.3, -0.25) is 4.98 Å². The first-order valence-electron chi connectivity index (χ1n) is 5.12. The Morgan fingerprint density at radius 2 is 2.06 bits per heavy atom. The molecule has 1 atom stereocenters. The molecule has 2 nitrogen and oxygen atoms in total. The highest BCUT2D eigenvalue weighted by Gasteiger charge is 2.15. The quantitative estimate of drug-likeness (QED) is 0.921. The van der Waals surface area contributed by atoms with Crippen LogP contribution in [0.4, 0.5) is 4.39 Å². The fourth-order valence-corrected chi connectivity index (χ4v) is 1.96. The zero-order chi connectivity index (χ0) is 12.4. The van der Waals surface area contributed by atoms with Crippen LogP contribution in [0.5, 0.6) is 0 Å². The van der Waals surface area contributed by atoms with Crippen molar-refractivity contribution in [1.82, 2.24) is 4.98 Å². The number of rotatable bonds is 2. The van der Waals surface area contributed by atoms with Crippen LogP contribution in [-0.2, 0) is 0 Å². The molecule has 1 unspecified atom stereocenters. The number of aryl methyl sites for hydroxylation is 1. The lowest BCUT2D eigenvalue weighted by Gasteiger charge is -2.12. The fraction of sp³-hybridized carbons (Fsp3) is 0.154. The minimum Gasteiger partial charge on any atom is -0.383 e. The molecule has 0 amide bonds. The van der Waals surface area contributed by atoms with E-state index in [1.807, 2.05) is 6.92 Å². The Morgan fingerprint density at radius 3 is 2.71 bits per heavy atom. The number of halogens is 2. The van der Waals surface area contributed by atoms with Gasteiger partial charge in [-0.05, 0) is 24.6 Å². The molecule has 0 saturated carbocycles. The van der Waals surface area contributed by atoms with E-state index in [0.29, 0.717) is 10.0 Å². The second-order valence-corrected chi connectivity index (χ2v) is 4.78. The minimum atomic E-state index is -0.990. The first-order valence-corrected chi connectivity index (χ1v) is 5.92. The summed E-state index contributed by atoms with van der Waals surface area (Å²) >= 11 is 3.18. The van der Waals surface area contributed by atoms with E-state index < -0.39 is 11.9 Å². The summed E-state index contributed by atoms with van der Waals surface area (Å²) in [5.41, 5.74) is 1.77. The monoisotopic (exact) mass is 295 g/mol. The zero-order valence-corrected chi connectivity index (χ0v) is 10.8. The van der Waals surface area contributed by atoms with Gasteiger partial charge < -0.3 is 5.11 Å². The van der Waals surface area contributed by atoms with E-state index in [4.69, 9.17) is 0 Å². The first-order chi connectivity index (χ1) is 8.08. The second kappa shape index (κ2) is 4.94. The molecular weight excluding hydrogens is 285 g/mol. The van der Waals surface area contributed by atoms with Crippen molar-refractivity contribution in [3.63, 3.8) is 0 Å². The minimum absolute atomic E-state index is 0.251. The smallest absolute Gasteiger partial charge is 0.130 e. The molecule has 0 fully saturated rings. The van der Waals surface area contributed by atoms with Gasteiger partial charge >= 0.3 is 0 Å². The molecule has 1 N–H and O–H groups in total. The number of nitrogens with zero attached hydrogens (tertiary/aromatic N) is 1. The Morgan fingerprint density at radius 1 is 1.29 bits per heavy atom. The summed E-state index contributed by atoms with van der Waals surface area (Å²) in [6.07, 6.45) is 2.24. The second-order valence-electron chi connectivity index (χ2n) is 3.86. The number of hydrogen-bond donors (Lipinski definition) is 1.